The van der Waals surface area contributed by atoms with Crippen molar-refractivity contribution < 1.29 is 18.3 Å². The smallest absolute Gasteiger partial charge is 0.255 e. The third kappa shape index (κ3) is 5.71. The first-order valence-electron chi connectivity index (χ1n) is 10.5. The molecular weight excluding hydrogens is 414 g/mol. The monoisotopic (exact) mass is 445 g/mol. The molecule has 0 radical (unpaired) electrons. The van der Waals surface area contributed by atoms with Crippen LogP contribution in [-0.4, -0.2) is 57.1 Å². The van der Waals surface area contributed by atoms with Gasteiger partial charge in [0.25, 0.3) is 5.91 Å². The third-order valence-electron chi connectivity index (χ3n) is 5.98. The van der Waals surface area contributed by atoms with Crippen LogP contribution in [-0.2, 0) is 10.0 Å². The fourth-order valence-electron chi connectivity index (χ4n) is 3.94. The summed E-state index contributed by atoms with van der Waals surface area (Å²) in [4.78, 5) is 14.9. The van der Waals surface area contributed by atoms with E-state index in [0.717, 1.165) is 31.5 Å². The van der Waals surface area contributed by atoms with Gasteiger partial charge in [0.05, 0.1) is 11.5 Å². The SMILES string of the molecule is Cc1cc(S(=O)(=O)N[C@H](CO)C2CCN(C)CC2)ccc1NC(=O)c1ccccc1C. The Morgan fingerprint density at radius 2 is 1.81 bits per heavy atom. The van der Waals surface area contributed by atoms with E-state index in [1.165, 1.54) is 6.07 Å². The lowest BCUT2D eigenvalue weighted by molar-refractivity contribution is 0.102. The fourth-order valence-corrected chi connectivity index (χ4v) is 5.32. The number of hydrogen-bond acceptors (Lipinski definition) is 5. The number of aliphatic hydroxyl groups is 1. The number of piperidine rings is 1. The van der Waals surface area contributed by atoms with Crippen LogP contribution >= 0.6 is 0 Å². The highest BCUT2D eigenvalue weighted by Crippen LogP contribution is 2.24. The Kier molecular flexibility index (Phi) is 7.48. The van der Waals surface area contributed by atoms with Gasteiger partial charge in [-0.3, -0.25) is 4.79 Å². The van der Waals surface area contributed by atoms with Gasteiger partial charge in [0, 0.05) is 17.3 Å². The molecular formula is C23H31N3O4S. The van der Waals surface area contributed by atoms with Gasteiger partial charge in [-0.1, -0.05) is 18.2 Å². The van der Waals surface area contributed by atoms with Crippen molar-refractivity contribution in [3.8, 4) is 0 Å². The Hall–Kier alpha value is -2.26. The molecule has 1 aliphatic heterocycles. The highest BCUT2D eigenvalue weighted by molar-refractivity contribution is 7.89. The molecule has 1 aliphatic rings. The minimum atomic E-state index is -3.80. The van der Waals surface area contributed by atoms with Gasteiger partial charge in [0.2, 0.25) is 10.0 Å². The summed E-state index contributed by atoms with van der Waals surface area (Å²) in [7, 11) is -1.76. The summed E-state index contributed by atoms with van der Waals surface area (Å²) in [5, 5.41) is 12.6. The number of rotatable bonds is 7. The molecule has 0 saturated carbocycles. The normalized spacial score (nSPS) is 16.8. The van der Waals surface area contributed by atoms with Crippen molar-refractivity contribution in [3.63, 3.8) is 0 Å². The highest BCUT2D eigenvalue weighted by atomic mass is 32.2. The molecule has 3 N–H and O–H groups in total. The van der Waals surface area contributed by atoms with Crippen molar-refractivity contribution in [2.24, 2.45) is 5.92 Å². The Morgan fingerprint density at radius 1 is 1.13 bits per heavy atom. The van der Waals surface area contributed by atoms with Crippen LogP contribution in [0.5, 0.6) is 0 Å². The highest BCUT2D eigenvalue weighted by Gasteiger charge is 2.29. The molecule has 1 heterocycles. The van der Waals surface area contributed by atoms with Crippen LogP contribution in [0.1, 0.15) is 34.3 Å². The summed E-state index contributed by atoms with van der Waals surface area (Å²) >= 11 is 0. The number of likely N-dealkylation sites (tertiary alicyclic amines) is 1. The Balaban J connectivity index is 1.73. The van der Waals surface area contributed by atoms with Crippen molar-refractivity contribution in [3.05, 3.63) is 59.2 Å². The lowest BCUT2D eigenvalue weighted by Crippen LogP contribution is -2.46. The van der Waals surface area contributed by atoms with Crippen LogP contribution < -0.4 is 10.0 Å². The molecule has 1 saturated heterocycles. The minimum Gasteiger partial charge on any atom is -0.395 e. The van der Waals surface area contributed by atoms with Crippen LogP contribution in [0.15, 0.2) is 47.4 Å². The van der Waals surface area contributed by atoms with Crippen LogP contribution in [0.4, 0.5) is 5.69 Å². The standard InChI is InChI=1S/C23H31N3O4S/c1-16-6-4-5-7-20(16)23(28)24-21-9-8-19(14-17(21)2)31(29,30)25-22(15-27)18-10-12-26(3)13-11-18/h4-9,14,18,22,25,27H,10-13,15H2,1-3H3,(H,24,28)/t22-/m1/s1. The average molecular weight is 446 g/mol. The fraction of sp³-hybridized carbons (Fsp3) is 0.435. The van der Waals surface area contributed by atoms with Crippen molar-refractivity contribution >= 4 is 21.6 Å². The maximum absolute atomic E-state index is 12.9. The number of amides is 1. The topological polar surface area (TPSA) is 98.7 Å². The molecule has 168 valence electrons. The van der Waals surface area contributed by atoms with E-state index < -0.39 is 16.1 Å². The predicted octanol–water partition coefficient (Wildman–Crippen LogP) is 2.54. The Bertz CT molecular complexity index is 1030. The summed E-state index contributed by atoms with van der Waals surface area (Å²) in [6.45, 7) is 5.16. The van der Waals surface area contributed by atoms with E-state index in [4.69, 9.17) is 0 Å². The van der Waals surface area contributed by atoms with Gasteiger partial charge < -0.3 is 15.3 Å². The lowest BCUT2D eigenvalue weighted by Gasteiger charge is -2.33. The van der Waals surface area contributed by atoms with Crippen LogP contribution in [0, 0.1) is 19.8 Å². The summed E-state index contributed by atoms with van der Waals surface area (Å²) in [5.74, 6) is -0.137. The molecule has 1 atom stereocenters. The zero-order chi connectivity index (χ0) is 22.6. The Morgan fingerprint density at radius 3 is 2.42 bits per heavy atom. The van der Waals surface area contributed by atoms with Gasteiger partial charge in [0.15, 0.2) is 0 Å². The van der Waals surface area contributed by atoms with E-state index in [1.807, 2.05) is 26.1 Å². The van der Waals surface area contributed by atoms with Gasteiger partial charge in [-0.25, -0.2) is 13.1 Å². The van der Waals surface area contributed by atoms with E-state index in [2.05, 4.69) is 14.9 Å². The Labute approximate surface area is 184 Å². The number of benzene rings is 2. The molecule has 0 spiro atoms. The molecule has 2 aromatic rings. The van der Waals surface area contributed by atoms with Crippen LogP contribution in [0.2, 0.25) is 0 Å². The third-order valence-corrected chi connectivity index (χ3v) is 7.47. The van der Waals surface area contributed by atoms with Crippen molar-refractivity contribution in [1.82, 2.24) is 9.62 Å². The summed E-state index contributed by atoms with van der Waals surface area (Å²) < 4.78 is 28.6. The lowest BCUT2D eigenvalue weighted by atomic mass is 9.90. The molecule has 7 nitrogen and oxygen atoms in total. The molecule has 0 unspecified atom stereocenters. The first-order valence-corrected chi connectivity index (χ1v) is 12.0. The van der Waals surface area contributed by atoms with E-state index in [-0.39, 0.29) is 23.3 Å². The maximum Gasteiger partial charge on any atom is 0.255 e. The number of anilines is 1. The summed E-state index contributed by atoms with van der Waals surface area (Å²) in [6, 6.07) is 11.4. The number of aryl methyl sites for hydroxylation is 2. The number of carbonyl (C=O) groups is 1. The number of sulfonamides is 1. The molecule has 0 bridgehead atoms. The number of hydrogen-bond donors (Lipinski definition) is 3. The van der Waals surface area contributed by atoms with Crippen molar-refractivity contribution in [1.29, 1.82) is 0 Å². The van der Waals surface area contributed by atoms with Gasteiger partial charge in [-0.15, -0.1) is 0 Å². The van der Waals surface area contributed by atoms with Gasteiger partial charge in [-0.2, -0.15) is 0 Å². The van der Waals surface area contributed by atoms with Crippen LogP contribution in [0.3, 0.4) is 0 Å². The number of carbonyl (C=O) groups excluding carboxylic acids is 1. The van der Waals surface area contributed by atoms with E-state index in [0.29, 0.717) is 16.8 Å². The molecule has 1 fully saturated rings. The quantitative estimate of drug-likeness (QED) is 0.608. The van der Waals surface area contributed by atoms with E-state index in [9.17, 15) is 18.3 Å². The maximum atomic E-state index is 12.9. The number of nitrogens with one attached hydrogen (secondary N) is 2. The largest absolute Gasteiger partial charge is 0.395 e. The van der Waals surface area contributed by atoms with E-state index >= 15 is 0 Å². The van der Waals surface area contributed by atoms with Crippen molar-refractivity contribution in [2.45, 2.75) is 37.6 Å². The average Bonchev–Trinajstić information content (AvgIpc) is 2.74. The van der Waals surface area contributed by atoms with Gasteiger partial charge >= 0.3 is 0 Å². The summed E-state index contributed by atoms with van der Waals surface area (Å²) in [6.07, 6.45) is 1.68. The second kappa shape index (κ2) is 9.91. The summed E-state index contributed by atoms with van der Waals surface area (Å²) in [5.41, 5.74) is 2.64. The van der Waals surface area contributed by atoms with Gasteiger partial charge in [0.1, 0.15) is 0 Å². The predicted molar refractivity (Wildman–Crippen MR) is 122 cm³/mol. The second-order valence-electron chi connectivity index (χ2n) is 8.30. The molecule has 31 heavy (non-hydrogen) atoms. The first kappa shape index (κ1) is 23.4. The zero-order valence-electron chi connectivity index (χ0n) is 18.3. The molecule has 8 heteroatoms. The number of aliphatic hydroxyl groups excluding tert-OH is 1. The number of nitrogens with zero attached hydrogens (tertiary/aromatic N) is 1. The molecule has 0 aromatic heterocycles. The first-order chi connectivity index (χ1) is 14.7. The molecule has 0 aliphatic carbocycles. The van der Waals surface area contributed by atoms with E-state index in [1.54, 1.807) is 31.2 Å². The molecule has 1 amide bonds. The van der Waals surface area contributed by atoms with Gasteiger partial charge in [-0.05, 0) is 88.1 Å². The van der Waals surface area contributed by atoms with Crippen LogP contribution in [0.25, 0.3) is 0 Å². The minimum absolute atomic E-state index is 0.102. The molecule has 2 aromatic carbocycles. The zero-order valence-corrected chi connectivity index (χ0v) is 19.1. The second-order valence-corrected chi connectivity index (χ2v) is 10.0. The van der Waals surface area contributed by atoms with Crippen molar-refractivity contribution in [2.75, 3.05) is 32.1 Å². The molecule has 3 rings (SSSR count).